The Morgan fingerprint density at radius 1 is 1.53 bits per heavy atom. The number of hydrogen-bond donors (Lipinski definition) is 1. The van der Waals surface area contributed by atoms with Crippen molar-refractivity contribution < 1.29 is 9.53 Å². The van der Waals surface area contributed by atoms with Gasteiger partial charge >= 0.3 is 5.97 Å². The van der Waals surface area contributed by atoms with E-state index < -0.39 is 0 Å². The maximum absolute atomic E-state index is 11.6. The third kappa shape index (κ3) is 2.25. The van der Waals surface area contributed by atoms with Gasteiger partial charge in [0.05, 0.1) is 18.7 Å². The molecule has 1 saturated heterocycles. The van der Waals surface area contributed by atoms with Crippen LogP contribution in [0.5, 0.6) is 0 Å². The zero-order valence-corrected chi connectivity index (χ0v) is 11.7. The molecule has 0 aromatic carbocycles. The Bertz CT molecular complexity index is 494. The minimum Gasteiger partial charge on any atom is -0.469 e. The van der Waals surface area contributed by atoms with Crippen LogP contribution in [0.3, 0.4) is 0 Å². The van der Waals surface area contributed by atoms with E-state index in [4.69, 9.17) is 16.3 Å². The van der Waals surface area contributed by atoms with Gasteiger partial charge in [-0.15, -0.1) is 0 Å². The highest BCUT2D eigenvalue weighted by Gasteiger charge is 2.32. The van der Waals surface area contributed by atoms with E-state index in [9.17, 15) is 4.79 Å². The molecular weight excluding hydrogens is 266 g/mol. The molecule has 3 rings (SSSR count). The number of carbonyl (C=O) groups is 1. The number of halogens is 1. The van der Waals surface area contributed by atoms with Crippen molar-refractivity contribution in [2.75, 3.05) is 20.2 Å². The Labute approximate surface area is 117 Å². The summed E-state index contributed by atoms with van der Waals surface area (Å²) in [5.41, 5.74) is 0.991. The molecule has 1 N–H and O–H groups in total. The molecule has 2 atom stereocenters. The molecule has 104 valence electrons. The predicted octanol–water partition coefficient (Wildman–Crippen LogP) is 1.35. The number of nitrogens with one attached hydrogen (secondary N) is 1. The van der Waals surface area contributed by atoms with Gasteiger partial charge in [-0.1, -0.05) is 11.6 Å². The van der Waals surface area contributed by atoms with Crippen LogP contribution in [-0.2, 0) is 22.5 Å². The molecule has 2 aliphatic rings. The van der Waals surface area contributed by atoms with Crippen molar-refractivity contribution in [3.8, 4) is 0 Å². The number of hydrogen-bond acceptors (Lipinski definition) is 4. The van der Waals surface area contributed by atoms with Crippen molar-refractivity contribution in [3.05, 3.63) is 16.7 Å². The normalized spacial score (nSPS) is 26.2. The molecule has 5 nitrogen and oxygen atoms in total. The zero-order chi connectivity index (χ0) is 13.4. The molecular formula is C13H18ClN3O2. The predicted molar refractivity (Wildman–Crippen MR) is 71.3 cm³/mol. The van der Waals surface area contributed by atoms with Crippen LogP contribution in [0.25, 0.3) is 0 Å². The Morgan fingerprint density at radius 2 is 2.37 bits per heavy atom. The van der Waals surface area contributed by atoms with Gasteiger partial charge in [0.2, 0.25) is 0 Å². The number of imidazole rings is 1. The lowest BCUT2D eigenvalue weighted by molar-refractivity contribution is -0.146. The molecule has 0 spiro atoms. The third-order valence-corrected chi connectivity index (χ3v) is 4.46. The smallest absolute Gasteiger partial charge is 0.309 e. The summed E-state index contributed by atoms with van der Waals surface area (Å²) in [5.74, 6) is 1.29. The first kappa shape index (κ1) is 12.9. The van der Waals surface area contributed by atoms with Gasteiger partial charge in [0.25, 0.3) is 0 Å². The molecule has 2 unspecified atom stereocenters. The summed E-state index contributed by atoms with van der Waals surface area (Å²) in [5, 5.41) is 3.90. The second-order valence-corrected chi connectivity index (χ2v) is 5.62. The highest BCUT2D eigenvalue weighted by atomic mass is 35.5. The molecule has 6 heteroatoms. The average molecular weight is 284 g/mol. The second-order valence-electron chi connectivity index (χ2n) is 5.26. The Hall–Kier alpha value is -1.07. The maximum Gasteiger partial charge on any atom is 0.309 e. The lowest BCUT2D eigenvalue weighted by atomic mass is 9.96. The molecule has 0 amide bonds. The fourth-order valence-corrected chi connectivity index (χ4v) is 3.36. The molecule has 1 fully saturated rings. The van der Waals surface area contributed by atoms with Crippen LogP contribution in [0, 0.1) is 5.92 Å². The summed E-state index contributed by atoms with van der Waals surface area (Å²) in [7, 11) is 1.44. The summed E-state index contributed by atoms with van der Waals surface area (Å²) in [6, 6.07) is 0. The molecule has 1 aromatic rings. The lowest BCUT2D eigenvalue weighted by Gasteiger charge is -2.24. The number of rotatable bonds is 2. The van der Waals surface area contributed by atoms with E-state index in [2.05, 4.69) is 14.9 Å². The van der Waals surface area contributed by atoms with E-state index in [1.54, 1.807) is 0 Å². The van der Waals surface area contributed by atoms with Gasteiger partial charge in [0.1, 0.15) is 5.82 Å². The highest BCUT2D eigenvalue weighted by molar-refractivity contribution is 6.30. The molecule has 0 aliphatic carbocycles. The van der Waals surface area contributed by atoms with E-state index in [1.807, 2.05) is 0 Å². The van der Waals surface area contributed by atoms with E-state index in [-0.39, 0.29) is 11.9 Å². The first-order valence-corrected chi connectivity index (χ1v) is 7.12. The number of nitrogens with zero attached hydrogens (tertiary/aromatic N) is 2. The number of ether oxygens (including phenoxy) is 1. The Morgan fingerprint density at radius 3 is 3.05 bits per heavy atom. The number of esters is 1. The third-order valence-electron chi connectivity index (χ3n) is 4.15. The fraction of sp³-hybridized carbons (Fsp3) is 0.692. The maximum atomic E-state index is 11.6. The number of fused-ring (bicyclic) bond motifs is 1. The van der Waals surface area contributed by atoms with E-state index in [1.165, 1.54) is 7.11 Å². The monoisotopic (exact) mass is 283 g/mol. The largest absolute Gasteiger partial charge is 0.469 e. The average Bonchev–Trinajstić information content (AvgIpc) is 3.06. The molecule has 2 aliphatic heterocycles. The van der Waals surface area contributed by atoms with Crippen molar-refractivity contribution in [3.63, 3.8) is 0 Å². The van der Waals surface area contributed by atoms with Crippen LogP contribution >= 0.6 is 11.6 Å². The summed E-state index contributed by atoms with van der Waals surface area (Å²) in [6.07, 6.45) is 2.55. The van der Waals surface area contributed by atoms with E-state index in [0.29, 0.717) is 17.5 Å². The summed E-state index contributed by atoms with van der Waals surface area (Å²) >= 11 is 6.25. The molecule has 0 bridgehead atoms. The van der Waals surface area contributed by atoms with Crippen LogP contribution in [0.2, 0.25) is 5.15 Å². The fourth-order valence-electron chi connectivity index (χ4n) is 3.09. The van der Waals surface area contributed by atoms with Crippen LogP contribution in [0.1, 0.15) is 30.3 Å². The molecule has 3 heterocycles. The zero-order valence-electron chi connectivity index (χ0n) is 11.0. The summed E-state index contributed by atoms with van der Waals surface area (Å²) < 4.78 is 7.04. The van der Waals surface area contributed by atoms with Gasteiger partial charge in [-0.25, -0.2) is 4.98 Å². The SMILES string of the molecule is COC(=O)C1CCn2c(C3CCNC3)nc(Cl)c2C1. The van der Waals surface area contributed by atoms with E-state index >= 15 is 0 Å². The van der Waals surface area contributed by atoms with Gasteiger partial charge < -0.3 is 14.6 Å². The van der Waals surface area contributed by atoms with Gasteiger partial charge in [-0.05, 0) is 19.4 Å². The minimum absolute atomic E-state index is 0.0822. The molecule has 1 aromatic heterocycles. The standard InChI is InChI=1S/C13H18ClN3O2/c1-19-13(18)8-3-5-17-10(6-8)11(14)16-12(17)9-2-4-15-7-9/h8-9,15H,2-7H2,1H3. The van der Waals surface area contributed by atoms with Crippen molar-refractivity contribution in [1.29, 1.82) is 0 Å². The molecule has 0 radical (unpaired) electrons. The van der Waals surface area contributed by atoms with Gasteiger partial charge in [-0.3, -0.25) is 4.79 Å². The van der Waals surface area contributed by atoms with Gasteiger partial charge in [0, 0.05) is 25.4 Å². The summed E-state index contributed by atoms with van der Waals surface area (Å²) in [6.45, 7) is 2.81. The lowest BCUT2D eigenvalue weighted by Crippen LogP contribution is -2.28. The topological polar surface area (TPSA) is 56.1 Å². The van der Waals surface area contributed by atoms with Crippen LogP contribution in [0.4, 0.5) is 0 Å². The molecule has 0 saturated carbocycles. The van der Waals surface area contributed by atoms with Crippen molar-refractivity contribution in [2.45, 2.75) is 31.7 Å². The molecule has 19 heavy (non-hydrogen) atoms. The quantitative estimate of drug-likeness (QED) is 0.833. The van der Waals surface area contributed by atoms with Crippen LogP contribution < -0.4 is 5.32 Å². The van der Waals surface area contributed by atoms with Crippen molar-refractivity contribution in [2.24, 2.45) is 5.92 Å². The first-order chi connectivity index (χ1) is 9.20. The Kier molecular flexibility index (Phi) is 3.50. The van der Waals surface area contributed by atoms with E-state index in [0.717, 1.165) is 44.0 Å². The van der Waals surface area contributed by atoms with Gasteiger partial charge in [0.15, 0.2) is 5.15 Å². The van der Waals surface area contributed by atoms with Crippen molar-refractivity contribution in [1.82, 2.24) is 14.9 Å². The van der Waals surface area contributed by atoms with Crippen molar-refractivity contribution >= 4 is 17.6 Å². The number of methoxy groups -OCH3 is 1. The minimum atomic E-state index is -0.146. The highest BCUT2D eigenvalue weighted by Crippen LogP contribution is 2.32. The first-order valence-electron chi connectivity index (χ1n) is 6.74. The number of carbonyl (C=O) groups excluding carboxylic acids is 1. The van der Waals surface area contributed by atoms with Gasteiger partial charge in [-0.2, -0.15) is 0 Å². The van der Waals surface area contributed by atoms with Crippen LogP contribution in [0.15, 0.2) is 0 Å². The second kappa shape index (κ2) is 5.13. The van der Waals surface area contributed by atoms with Crippen LogP contribution in [-0.4, -0.2) is 35.7 Å². The summed E-state index contributed by atoms with van der Waals surface area (Å²) in [4.78, 5) is 16.2. The Balaban J connectivity index is 1.87. The number of aromatic nitrogens is 2.